The average Bonchev–Trinajstić information content (AvgIpc) is 2.27. The van der Waals surface area contributed by atoms with Crippen molar-refractivity contribution in [2.45, 2.75) is 6.92 Å². The zero-order valence-corrected chi connectivity index (χ0v) is 9.09. The molecule has 0 saturated heterocycles. The molecular formula is C11H12Mg. The van der Waals surface area contributed by atoms with Gasteiger partial charge < -0.3 is 7.43 Å². The second-order valence-electron chi connectivity index (χ2n) is 2.66. The molecule has 0 spiro atoms. The summed E-state index contributed by atoms with van der Waals surface area (Å²) in [4.78, 5) is 0. The summed E-state index contributed by atoms with van der Waals surface area (Å²) in [6.07, 6.45) is 0. The first-order chi connectivity index (χ1) is 4.86. The third-order valence-electron chi connectivity index (χ3n) is 1.76. The Hall–Kier alpha value is -0.404. The molecule has 0 saturated carbocycles. The molecule has 0 heterocycles. The van der Waals surface area contributed by atoms with Crippen LogP contribution in [-0.4, -0.2) is 23.1 Å². The maximum atomic E-state index is 2.20. The van der Waals surface area contributed by atoms with Gasteiger partial charge in [0.05, 0.1) is 0 Å². The standard InChI is InChI=1S/C10H9.CH3.Mg/c1-8-6-9-4-2-3-5-10(9)7-8;;/h2-7H,1H3;1H3;/q2*-1;+2. The third-order valence-corrected chi connectivity index (χ3v) is 1.76. The van der Waals surface area contributed by atoms with Crippen LogP contribution in [0, 0.1) is 14.4 Å². The Morgan fingerprint density at radius 1 is 1.17 bits per heavy atom. The van der Waals surface area contributed by atoms with Gasteiger partial charge >= 0.3 is 23.1 Å². The fourth-order valence-electron chi connectivity index (χ4n) is 1.31. The van der Waals surface area contributed by atoms with Crippen molar-refractivity contribution < 1.29 is 0 Å². The number of benzene rings is 1. The topological polar surface area (TPSA) is 0 Å². The van der Waals surface area contributed by atoms with Gasteiger partial charge in [-0.25, -0.2) is 0 Å². The smallest absolute Gasteiger partial charge is 0.358 e. The van der Waals surface area contributed by atoms with Crippen LogP contribution in [0.4, 0.5) is 0 Å². The molecule has 12 heavy (non-hydrogen) atoms. The number of aryl methyl sites for hydroxylation is 1. The monoisotopic (exact) mass is 168 g/mol. The van der Waals surface area contributed by atoms with E-state index in [4.69, 9.17) is 0 Å². The predicted octanol–water partition coefficient (Wildman–Crippen LogP) is 2.94. The van der Waals surface area contributed by atoms with E-state index >= 15 is 0 Å². The Morgan fingerprint density at radius 2 is 1.83 bits per heavy atom. The minimum atomic E-state index is 0. The van der Waals surface area contributed by atoms with Crippen molar-refractivity contribution in [3.63, 3.8) is 0 Å². The van der Waals surface area contributed by atoms with Gasteiger partial charge in [0.2, 0.25) is 0 Å². The molecule has 0 fully saturated rings. The van der Waals surface area contributed by atoms with Gasteiger partial charge in [0, 0.05) is 0 Å². The quantitative estimate of drug-likeness (QED) is 0.419. The number of hydrogen-bond donors (Lipinski definition) is 0. The Labute approximate surface area is 90.1 Å². The minimum Gasteiger partial charge on any atom is -0.358 e. The fourth-order valence-corrected chi connectivity index (χ4v) is 1.31. The van der Waals surface area contributed by atoms with E-state index in [-0.39, 0.29) is 30.5 Å². The summed E-state index contributed by atoms with van der Waals surface area (Å²) in [7, 11) is 0. The summed E-state index contributed by atoms with van der Waals surface area (Å²) in [5.41, 5.74) is 1.35. The van der Waals surface area contributed by atoms with E-state index in [0.29, 0.717) is 0 Å². The SMILES string of the molecule is Cc1cc2ccccc2[cH-]1.[CH3-].[Mg+2]. The van der Waals surface area contributed by atoms with E-state index in [0.717, 1.165) is 0 Å². The van der Waals surface area contributed by atoms with Crippen LogP contribution in [0.5, 0.6) is 0 Å². The maximum absolute atomic E-state index is 2.20. The third kappa shape index (κ3) is 2.05. The first-order valence-electron chi connectivity index (χ1n) is 3.48. The number of rotatable bonds is 0. The van der Waals surface area contributed by atoms with E-state index in [1.165, 1.54) is 16.3 Å². The van der Waals surface area contributed by atoms with Crippen LogP contribution in [0.25, 0.3) is 10.8 Å². The first kappa shape index (κ1) is 11.6. The van der Waals surface area contributed by atoms with Crippen molar-refractivity contribution in [3.05, 3.63) is 49.4 Å². The van der Waals surface area contributed by atoms with Gasteiger partial charge in [-0.3, -0.25) is 0 Å². The van der Waals surface area contributed by atoms with Crippen LogP contribution in [0.1, 0.15) is 5.56 Å². The van der Waals surface area contributed by atoms with Crippen molar-refractivity contribution >= 4 is 33.8 Å². The molecule has 2 aromatic carbocycles. The van der Waals surface area contributed by atoms with E-state index in [1.54, 1.807) is 0 Å². The van der Waals surface area contributed by atoms with Crippen LogP contribution >= 0.6 is 0 Å². The summed E-state index contributed by atoms with van der Waals surface area (Å²) in [5, 5.41) is 2.69. The molecule has 0 N–H and O–H groups in total. The van der Waals surface area contributed by atoms with E-state index in [9.17, 15) is 0 Å². The molecule has 58 valence electrons. The van der Waals surface area contributed by atoms with Gasteiger partial charge in [0.1, 0.15) is 0 Å². The summed E-state index contributed by atoms with van der Waals surface area (Å²) in [6, 6.07) is 12.8. The molecule has 2 aromatic rings. The molecule has 0 nitrogen and oxygen atoms in total. The van der Waals surface area contributed by atoms with Gasteiger partial charge in [-0.1, -0.05) is 13.0 Å². The normalized spacial score (nSPS) is 8.75. The van der Waals surface area contributed by atoms with Crippen molar-refractivity contribution in [2.24, 2.45) is 0 Å². The summed E-state index contributed by atoms with van der Waals surface area (Å²) >= 11 is 0. The molecule has 0 amide bonds. The van der Waals surface area contributed by atoms with Gasteiger partial charge in [0.15, 0.2) is 0 Å². The Balaban J connectivity index is 0.000000605. The summed E-state index contributed by atoms with van der Waals surface area (Å²) < 4.78 is 0. The van der Waals surface area contributed by atoms with E-state index in [1.807, 2.05) is 0 Å². The Kier molecular flexibility index (Phi) is 4.43. The van der Waals surface area contributed by atoms with Crippen molar-refractivity contribution in [3.8, 4) is 0 Å². The summed E-state index contributed by atoms with van der Waals surface area (Å²) in [5.74, 6) is 0. The van der Waals surface area contributed by atoms with E-state index in [2.05, 4.69) is 43.3 Å². The number of hydrogen-bond acceptors (Lipinski definition) is 0. The second kappa shape index (κ2) is 4.58. The van der Waals surface area contributed by atoms with Crippen molar-refractivity contribution in [2.75, 3.05) is 0 Å². The molecule has 0 unspecified atom stereocenters. The maximum Gasteiger partial charge on any atom is 2.00 e. The predicted molar refractivity (Wildman–Crippen MR) is 56.4 cm³/mol. The van der Waals surface area contributed by atoms with Gasteiger partial charge in [-0.05, 0) is 0 Å². The van der Waals surface area contributed by atoms with Gasteiger partial charge in [-0.15, -0.1) is 40.6 Å². The Bertz CT molecular complexity index is 314. The first-order valence-corrected chi connectivity index (χ1v) is 3.48. The molecule has 1 heteroatoms. The zero-order valence-electron chi connectivity index (χ0n) is 7.67. The molecule has 0 aliphatic heterocycles. The van der Waals surface area contributed by atoms with Gasteiger partial charge in [-0.2, -0.15) is 6.07 Å². The zero-order chi connectivity index (χ0) is 6.97. The van der Waals surface area contributed by atoms with E-state index < -0.39 is 0 Å². The van der Waals surface area contributed by atoms with Crippen LogP contribution in [-0.2, 0) is 0 Å². The van der Waals surface area contributed by atoms with Crippen LogP contribution in [0.15, 0.2) is 36.4 Å². The summed E-state index contributed by atoms with van der Waals surface area (Å²) in [6.45, 7) is 2.12. The number of fused-ring (bicyclic) bond motifs is 1. The fraction of sp³-hybridized carbons (Fsp3) is 0.0909. The van der Waals surface area contributed by atoms with Crippen molar-refractivity contribution in [1.29, 1.82) is 0 Å². The molecule has 0 radical (unpaired) electrons. The largest absolute Gasteiger partial charge is 2.00 e. The molecule has 0 aromatic heterocycles. The molecule has 0 aliphatic carbocycles. The molecule has 0 bridgehead atoms. The molecular weight excluding hydrogens is 156 g/mol. The van der Waals surface area contributed by atoms with Crippen LogP contribution in [0.2, 0.25) is 0 Å². The van der Waals surface area contributed by atoms with Crippen LogP contribution in [0.3, 0.4) is 0 Å². The average molecular weight is 169 g/mol. The molecule has 2 rings (SSSR count). The minimum absolute atomic E-state index is 0. The van der Waals surface area contributed by atoms with Gasteiger partial charge in [0.25, 0.3) is 0 Å². The Morgan fingerprint density at radius 3 is 2.50 bits per heavy atom. The van der Waals surface area contributed by atoms with Crippen LogP contribution < -0.4 is 0 Å². The molecule has 0 atom stereocenters. The second-order valence-corrected chi connectivity index (χ2v) is 2.66. The molecule has 0 aliphatic rings. The van der Waals surface area contributed by atoms with Crippen molar-refractivity contribution in [1.82, 2.24) is 0 Å².